The number of nitrogens with one attached hydrogen (secondary N) is 2. The number of carbonyl (C=O) groups is 3. The number of imide groups is 1. The largest absolute Gasteiger partial charge is 0.454 e. The molecule has 1 aliphatic heterocycles. The van der Waals surface area contributed by atoms with Gasteiger partial charge >= 0.3 is 12.0 Å². The highest BCUT2D eigenvalue weighted by molar-refractivity contribution is 5.95. The maximum atomic E-state index is 12.1. The molecule has 0 radical (unpaired) electrons. The first kappa shape index (κ1) is 17.4. The molecule has 1 saturated heterocycles. The molecule has 0 saturated carbocycles. The molecule has 0 bridgehead atoms. The average molecular weight is 299 g/mol. The van der Waals surface area contributed by atoms with Gasteiger partial charge in [-0.2, -0.15) is 0 Å². The zero-order valence-corrected chi connectivity index (χ0v) is 13.0. The quantitative estimate of drug-likeness (QED) is 0.697. The van der Waals surface area contributed by atoms with E-state index < -0.39 is 24.5 Å². The van der Waals surface area contributed by atoms with Gasteiger partial charge in [-0.05, 0) is 38.8 Å². The van der Waals surface area contributed by atoms with Crippen LogP contribution >= 0.6 is 0 Å². The van der Waals surface area contributed by atoms with Gasteiger partial charge in [0.25, 0.3) is 5.91 Å². The topological polar surface area (TPSA) is 87.7 Å². The second-order valence-electron chi connectivity index (χ2n) is 5.45. The van der Waals surface area contributed by atoms with Crippen molar-refractivity contribution in [3.63, 3.8) is 0 Å². The maximum absolute atomic E-state index is 12.1. The van der Waals surface area contributed by atoms with Gasteiger partial charge < -0.3 is 10.1 Å². The summed E-state index contributed by atoms with van der Waals surface area (Å²) in [6, 6.07) is -0.914. The summed E-state index contributed by atoms with van der Waals surface area (Å²) in [5.41, 5.74) is 0. The number of carbonyl (C=O) groups excluding carboxylic acids is 3. The minimum absolute atomic E-state index is 0.113. The first-order valence-electron chi connectivity index (χ1n) is 7.44. The summed E-state index contributed by atoms with van der Waals surface area (Å²) >= 11 is 0. The van der Waals surface area contributed by atoms with Crippen LogP contribution in [-0.4, -0.2) is 55.1 Å². The second kappa shape index (κ2) is 8.61. The first-order valence-corrected chi connectivity index (χ1v) is 7.44. The van der Waals surface area contributed by atoms with E-state index in [4.69, 9.17) is 4.74 Å². The number of hydrogen-bond acceptors (Lipinski definition) is 5. The van der Waals surface area contributed by atoms with Gasteiger partial charge in [0.15, 0.2) is 6.61 Å². The lowest BCUT2D eigenvalue weighted by Gasteiger charge is -2.28. The molecule has 0 spiro atoms. The van der Waals surface area contributed by atoms with Crippen LogP contribution in [0.1, 0.15) is 33.6 Å². The number of amides is 3. The van der Waals surface area contributed by atoms with E-state index in [1.54, 1.807) is 6.92 Å². The predicted molar refractivity (Wildman–Crippen MR) is 77.6 cm³/mol. The zero-order valence-electron chi connectivity index (χ0n) is 13.0. The van der Waals surface area contributed by atoms with Gasteiger partial charge in [0.2, 0.25) is 0 Å². The molecule has 21 heavy (non-hydrogen) atoms. The van der Waals surface area contributed by atoms with Crippen LogP contribution in [0.5, 0.6) is 0 Å². The lowest BCUT2D eigenvalue weighted by atomic mass is 10.0. The molecule has 3 amide bonds. The Bertz CT molecular complexity index is 378. The van der Waals surface area contributed by atoms with Gasteiger partial charge in [0, 0.05) is 6.54 Å². The molecule has 2 N–H and O–H groups in total. The van der Waals surface area contributed by atoms with E-state index in [1.165, 1.54) is 0 Å². The highest BCUT2D eigenvalue weighted by Crippen LogP contribution is 2.18. The third-order valence-electron chi connectivity index (χ3n) is 3.34. The Morgan fingerprint density at radius 3 is 2.33 bits per heavy atom. The van der Waals surface area contributed by atoms with Crippen LogP contribution in [0.15, 0.2) is 0 Å². The summed E-state index contributed by atoms with van der Waals surface area (Å²) in [6.07, 6.45) is 2.16. The smallest absolute Gasteiger partial charge is 0.324 e. The number of urea groups is 1. The van der Waals surface area contributed by atoms with Crippen LogP contribution in [0, 0.1) is 5.92 Å². The van der Waals surface area contributed by atoms with Crippen molar-refractivity contribution in [2.75, 3.05) is 26.2 Å². The number of esters is 1. The van der Waals surface area contributed by atoms with Crippen molar-refractivity contribution in [2.45, 2.75) is 39.7 Å². The summed E-state index contributed by atoms with van der Waals surface area (Å²) < 4.78 is 5.05. The van der Waals surface area contributed by atoms with Gasteiger partial charge in [-0.25, -0.2) is 4.79 Å². The van der Waals surface area contributed by atoms with E-state index in [0.717, 1.165) is 25.9 Å². The van der Waals surface area contributed by atoms with E-state index in [0.29, 0.717) is 6.54 Å². The van der Waals surface area contributed by atoms with Gasteiger partial charge in [0.05, 0.1) is 0 Å². The van der Waals surface area contributed by atoms with Crippen molar-refractivity contribution in [2.24, 2.45) is 5.92 Å². The molecule has 0 aromatic rings. The molecule has 0 aromatic heterocycles. The molecule has 0 aliphatic carbocycles. The van der Waals surface area contributed by atoms with E-state index >= 15 is 0 Å². The minimum atomic E-state index is -0.627. The standard InChI is InChI=1S/C14H25N3O4/c1-4-15-14(20)16-11(18)9-21-13(19)12(10(2)3)17-7-5-6-8-17/h10,12H,4-9H2,1-3H3,(H2,15,16,18,20)/t12-/m1/s1. The molecule has 1 rings (SSSR count). The molecule has 7 nitrogen and oxygen atoms in total. The average Bonchev–Trinajstić information content (AvgIpc) is 2.90. The van der Waals surface area contributed by atoms with Crippen LogP contribution < -0.4 is 10.6 Å². The Morgan fingerprint density at radius 2 is 1.81 bits per heavy atom. The molecule has 120 valence electrons. The fraction of sp³-hybridized carbons (Fsp3) is 0.786. The third-order valence-corrected chi connectivity index (χ3v) is 3.34. The zero-order chi connectivity index (χ0) is 15.8. The van der Waals surface area contributed by atoms with Gasteiger partial charge in [-0.3, -0.25) is 19.8 Å². The molecule has 1 fully saturated rings. The van der Waals surface area contributed by atoms with Crippen LogP contribution in [0.4, 0.5) is 4.79 Å². The summed E-state index contributed by atoms with van der Waals surface area (Å²) in [5, 5.41) is 4.52. The van der Waals surface area contributed by atoms with Gasteiger partial charge in [-0.1, -0.05) is 13.8 Å². The predicted octanol–water partition coefficient (Wildman–Crippen LogP) is 0.496. The SMILES string of the molecule is CCNC(=O)NC(=O)COC(=O)[C@@H](C(C)C)N1CCCC1. The van der Waals surface area contributed by atoms with Crippen molar-refractivity contribution in [1.29, 1.82) is 0 Å². The molecular formula is C14H25N3O4. The lowest BCUT2D eigenvalue weighted by molar-refractivity contribution is -0.154. The number of nitrogens with zero attached hydrogens (tertiary/aromatic N) is 1. The van der Waals surface area contributed by atoms with Crippen LogP contribution in [0.3, 0.4) is 0 Å². The Hall–Kier alpha value is -1.63. The Labute approximate surface area is 125 Å². The molecule has 0 unspecified atom stereocenters. The molecule has 1 atom stereocenters. The van der Waals surface area contributed by atoms with Gasteiger partial charge in [-0.15, -0.1) is 0 Å². The number of hydrogen-bond donors (Lipinski definition) is 2. The van der Waals surface area contributed by atoms with E-state index in [9.17, 15) is 14.4 Å². The molecule has 7 heteroatoms. The second-order valence-corrected chi connectivity index (χ2v) is 5.45. The fourth-order valence-electron chi connectivity index (χ4n) is 2.45. The van der Waals surface area contributed by atoms with E-state index in [2.05, 4.69) is 15.5 Å². The summed E-state index contributed by atoms with van der Waals surface area (Å²) in [5.74, 6) is -0.918. The Balaban J connectivity index is 2.43. The van der Waals surface area contributed by atoms with Crippen LogP contribution in [0.2, 0.25) is 0 Å². The minimum Gasteiger partial charge on any atom is -0.454 e. The Kier molecular flexibility index (Phi) is 7.14. The third kappa shape index (κ3) is 5.71. The van der Waals surface area contributed by atoms with Crippen LogP contribution in [0.25, 0.3) is 0 Å². The van der Waals surface area contributed by atoms with E-state index in [-0.39, 0.29) is 12.0 Å². The number of rotatable bonds is 6. The highest BCUT2D eigenvalue weighted by Gasteiger charge is 2.32. The van der Waals surface area contributed by atoms with Crippen molar-refractivity contribution in [3.05, 3.63) is 0 Å². The normalized spacial score (nSPS) is 16.6. The monoisotopic (exact) mass is 299 g/mol. The number of ether oxygens (including phenoxy) is 1. The maximum Gasteiger partial charge on any atom is 0.324 e. The van der Waals surface area contributed by atoms with Crippen molar-refractivity contribution >= 4 is 17.9 Å². The molecule has 1 heterocycles. The summed E-state index contributed by atoms with van der Waals surface area (Å²) in [6.45, 7) is 7.40. The van der Waals surface area contributed by atoms with E-state index in [1.807, 2.05) is 13.8 Å². The van der Waals surface area contributed by atoms with Gasteiger partial charge in [0.1, 0.15) is 6.04 Å². The van der Waals surface area contributed by atoms with Crippen molar-refractivity contribution < 1.29 is 19.1 Å². The fourth-order valence-corrected chi connectivity index (χ4v) is 2.45. The molecule has 0 aromatic carbocycles. The van der Waals surface area contributed by atoms with Crippen LogP contribution in [-0.2, 0) is 14.3 Å². The molecular weight excluding hydrogens is 274 g/mol. The summed E-state index contributed by atoms with van der Waals surface area (Å²) in [7, 11) is 0. The highest BCUT2D eigenvalue weighted by atomic mass is 16.5. The molecule has 1 aliphatic rings. The van der Waals surface area contributed by atoms with Crippen molar-refractivity contribution in [3.8, 4) is 0 Å². The summed E-state index contributed by atoms with van der Waals surface area (Å²) in [4.78, 5) is 36.9. The lowest BCUT2D eigenvalue weighted by Crippen LogP contribution is -2.46. The van der Waals surface area contributed by atoms with Crippen molar-refractivity contribution in [1.82, 2.24) is 15.5 Å². The Morgan fingerprint density at radius 1 is 1.19 bits per heavy atom. The number of likely N-dealkylation sites (tertiary alicyclic amines) is 1. The first-order chi connectivity index (χ1) is 9.95.